The fourth-order valence-corrected chi connectivity index (χ4v) is 2.71. The lowest BCUT2D eigenvalue weighted by Gasteiger charge is -2.15. The molecular formula is C15H15NO4S. The molecule has 0 spiro atoms. The van der Waals surface area contributed by atoms with E-state index in [9.17, 15) is 9.59 Å². The van der Waals surface area contributed by atoms with E-state index < -0.39 is 5.97 Å². The summed E-state index contributed by atoms with van der Waals surface area (Å²) in [4.78, 5) is 25.0. The minimum Gasteiger partial charge on any atom is -0.478 e. The molecule has 0 saturated heterocycles. The molecule has 0 aliphatic carbocycles. The third-order valence-electron chi connectivity index (χ3n) is 2.83. The maximum Gasteiger partial charge on any atom is 0.328 e. The van der Waals surface area contributed by atoms with Gasteiger partial charge in [-0.3, -0.25) is 4.79 Å². The van der Waals surface area contributed by atoms with Gasteiger partial charge in [0.25, 0.3) is 5.91 Å². The molecule has 110 valence electrons. The van der Waals surface area contributed by atoms with Crippen LogP contribution >= 0.6 is 11.3 Å². The number of hydrogen-bond donors (Lipinski definition) is 1. The standard InChI is InChI=1S/C15H15NO4S/c1-10-3-5-12(20-10)9-16(2)15(19)14-11(7-8-21-14)4-6-13(17)18/h3-8H,9H2,1-2H3,(H,17,18). The lowest BCUT2D eigenvalue weighted by atomic mass is 10.2. The van der Waals surface area contributed by atoms with Gasteiger partial charge in [0.2, 0.25) is 0 Å². The van der Waals surface area contributed by atoms with Crippen molar-refractivity contribution >= 4 is 29.3 Å². The van der Waals surface area contributed by atoms with Crippen LogP contribution in [-0.4, -0.2) is 28.9 Å². The number of carbonyl (C=O) groups excluding carboxylic acids is 1. The van der Waals surface area contributed by atoms with Crippen molar-refractivity contribution < 1.29 is 19.1 Å². The molecule has 1 amide bonds. The lowest BCUT2D eigenvalue weighted by Crippen LogP contribution is -2.25. The summed E-state index contributed by atoms with van der Waals surface area (Å²) in [6.07, 6.45) is 2.45. The maximum atomic E-state index is 12.4. The highest BCUT2D eigenvalue weighted by Crippen LogP contribution is 2.21. The van der Waals surface area contributed by atoms with Gasteiger partial charge < -0.3 is 14.4 Å². The van der Waals surface area contributed by atoms with E-state index in [1.807, 2.05) is 19.1 Å². The summed E-state index contributed by atoms with van der Waals surface area (Å²) in [5, 5.41) is 10.4. The Hall–Kier alpha value is -2.34. The number of nitrogens with zero attached hydrogens (tertiary/aromatic N) is 1. The molecule has 2 aromatic rings. The lowest BCUT2D eigenvalue weighted by molar-refractivity contribution is -0.131. The van der Waals surface area contributed by atoms with E-state index in [1.54, 1.807) is 23.4 Å². The van der Waals surface area contributed by atoms with Gasteiger partial charge in [0.15, 0.2) is 0 Å². The minimum absolute atomic E-state index is 0.163. The summed E-state index contributed by atoms with van der Waals surface area (Å²) in [6, 6.07) is 5.40. The Labute approximate surface area is 126 Å². The molecule has 0 saturated carbocycles. The van der Waals surface area contributed by atoms with Crippen molar-refractivity contribution in [2.75, 3.05) is 7.05 Å². The van der Waals surface area contributed by atoms with Crippen LogP contribution in [0.3, 0.4) is 0 Å². The highest BCUT2D eigenvalue weighted by atomic mass is 32.1. The predicted octanol–water partition coefficient (Wildman–Crippen LogP) is 3.02. The van der Waals surface area contributed by atoms with Gasteiger partial charge in [0.1, 0.15) is 11.5 Å². The van der Waals surface area contributed by atoms with Crippen LogP contribution in [0.4, 0.5) is 0 Å². The van der Waals surface area contributed by atoms with Crippen molar-refractivity contribution in [2.24, 2.45) is 0 Å². The molecule has 0 unspecified atom stereocenters. The maximum absolute atomic E-state index is 12.4. The first-order valence-corrected chi connectivity index (χ1v) is 7.14. The normalized spacial score (nSPS) is 11.0. The fraction of sp³-hybridized carbons (Fsp3) is 0.200. The topological polar surface area (TPSA) is 70.8 Å². The number of aliphatic carboxylic acids is 1. The van der Waals surface area contributed by atoms with E-state index in [2.05, 4.69) is 0 Å². The van der Waals surface area contributed by atoms with E-state index in [-0.39, 0.29) is 5.91 Å². The largest absolute Gasteiger partial charge is 0.478 e. The molecule has 0 atom stereocenters. The van der Waals surface area contributed by atoms with Crippen molar-refractivity contribution in [3.63, 3.8) is 0 Å². The van der Waals surface area contributed by atoms with Crippen LogP contribution in [-0.2, 0) is 11.3 Å². The number of carbonyl (C=O) groups is 2. The summed E-state index contributed by atoms with van der Waals surface area (Å²) in [5.41, 5.74) is 0.606. The quantitative estimate of drug-likeness (QED) is 0.862. The van der Waals surface area contributed by atoms with Crippen LogP contribution in [0.2, 0.25) is 0 Å². The van der Waals surface area contributed by atoms with Gasteiger partial charge in [-0.15, -0.1) is 11.3 Å². The van der Waals surface area contributed by atoms with E-state index >= 15 is 0 Å². The number of furan rings is 1. The Morgan fingerprint density at radius 1 is 1.38 bits per heavy atom. The molecule has 0 fully saturated rings. The second-order valence-electron chi connectivity index (χ2n) is 4.55. The zero-order chi connectivity index (χ0) is 15.4. The Balaban J connectivity index is 2.12. The van der Waals surface area contributed by atoms with E-state index in [1.165, 1.54) is 17.4 Å². The number of thiophene rings is 1. The molecule has 2 heterocycles. The molecular weight excluding hydrogens is 290 g/mol. The average Bonchev–Trinajstić information content (AvgIpc) is 3.04. The first-order valence-electron chi connectivity index (χ1n) is 6.26. The fourth-order valence-electron chi connectivity index (χ4n) is 1.83. The summed E-state index contributed by atoms with van der Waals surface area (Å²) in [6.45, 7) is 2.21. The van der Waals surface area contributed by atoms with Crippen LogP contribution in [0.5, 0.6) is 0 Å². The minimum atomic E-state index is -1.04. The molecule has 6 heteroatoms. The molecule has 1 N–H and O–H groups in total. The van der Waals surface area contributed by atoms with Crippen LogP contribution < -0.4 is 0 Å². The van der Waals surface area contributed by atoms with Crippen molar-refractivity contribution in [3.8, 4) is 0 Å². The SMILES string of the molecule is Cc1ccc(CN(C)C(=O)c2sccc2C=CC(=O)O)o1. The first kappa shape index (κ1) is 15.1. The Morgan fingerprint density at radius 2 is 2.14 bits per heavy atom. The van der Waals surface area contributed by atoms with Gasteiger partial charge in [0.05, 0.1) is 11.4 Å². The number of hydrogen-bond acceptors (Lipinski definition) is 4. The van der Waals surface area contributed by atoms with Gasteiger partial charge in [-0.25, -0.2) is 4.79 Å². The van der Waals surface area contributed by atoms with E-state index in [0.29, 0.717) is 22.7 Å². The van der Waals surface area contributed by atoms with E-state index in [0.717, 1.165) is 11.8 Å². The van der Waals surface area contributed by atoms with Crippen molar-refractivity contribution in [1.82, 2.24) is 4.90 Å². The molecule has 5 nitrogen and oxygen atoms in total. The Kier molecular flexibility index (Phi) is 4.59. The van der Waals surface area contributed by atoms with Crippen LogP contribution in [0, 0.1) is 6.92 Å². The zero-order valence-corrected chi connectivity index (χ0v) is 12.5. The van der Waals surface area contributed by atoms with Gasteiger partial charge in [-0.05, 0) is 42.1 Å². The van der Waals surface area contributed by atoms with Gasteiger partial charge in [0, 0.05) is 13.1 Å². The van der Waals surface area contributed by atoms with Crippen LogP contribution in [0.1, 0.15) is 26.8 Å². The number of carboxylic acids is 1. The summed E-state index contributed by atoms with van der Waals surface area (Å²) in [7, 11) is 1.69. The summed E-state index contributed by atoms with van der Waals surface area (Å²) < 4.78 is 5.45. The average molecular weight is 305 g/mol. The molecule has 0 aliphatic heterocycles. The number of carboxylic acid groups (broad SMARTS) is 1. The molecule has 0 bridgehead atoms. The highest BCUT2D eigenvalue weighted by Gasteiger charge is 2.17. The van der Waals surface area contributed by atoms with Crippen molar-refractivity contribution in [1.29, 1.82) is 0 Å². The molecule has 0 aromatic carbocycles. The highest BCUT2D eigenvalue weighted by molar-refractivity contribution is 7.12. The Morgan fingerprint density at radius 3 is 2.76 bits per heavy atom. The molecule has 2 rings (SSSR count). The second-order valence-corrected chi connectivity index (χ2v) is 5.47. The predicted molar refractivity (Wildman–Crippen MR) is 80.2 cm³/mol. The molecule has 0 aliphatic rings. The molecule has 0 radical (unpaired) electrons. The number of rotatable bonds is 5. The third kappa shape index (κ3) is 3.82. The second kappa shape index (κ2) is 6.41. The van der Waals surface area contributed by atoms with Gasteiger partial charge in [-0.2, -0.15) is 0 Å². The number of amides is 1. The van der Waals surface area contributed by atoms with Crippen LogP contribution in [0.25, 0.3) is 6.08 Å². The van der Waals surface area contributed by atoms with Crippen molar-refractivity contribution in [2.45, 2.75) is 13.5 Å². The smallest absolute Gasteiger partial charge is 0.328 e. The summed E-state index contributed by atoms with van der Waals surface area (Å²) >= 11 is 1.29. The monoisotopic (exact) mass is 305 g/mol. The zero-order valence-electron chi connectivity index (χ0n) is 11.7. The van der Waals surface area contributed by atoms with Crippen molar-refractivity contribution in [3.05, 3.63) is 51.6 Å². The van der Waals surface area contributed by atoms with Crippen LogP contribution in [0.15, 0.2) is 34.1 Å². The summed E-state index contributed by atoms with van der Waals surface area (Å²) in [5.74, 6) is 0.303. The van der Waals surface area contributed by atoms with Gasteiger partial charge in [-0.1, -0.05) is 0 Å². The third-order valence-corrected chi connectivity index (χ3v) is 3.75. The van der Waals surface area contributed by atoms with Gasteiger partial charge >= 0.3 is 5.97 Å². The first-order chi connectivity index (χ1) is 9.97. The van der Waals surface area contributed by atoms with E-state index in [4.69, 9.17) is 9.52 Å². The molecule has 21 heavy (non-hydrogen) atoms. The number of aryl methyl sites for hydroxylation is 1. The molecule has 2 aromatic heterocycles. The Bertz CT molecular complexity index is 683.